The molecule has 1 fully saturated rings. The van der Waals surface area contributed by atoms with Crippen molar-refractivity contribution < 1.29 is 34.8 Å². The third-order valence-corrected chi connectivity index (χ3v) is 3.49. The van der Waals surface area contributed by atoms with E-state index in [1.54, 1.807) is 0 Å². The largest absolute Gasteiger partial charge is 0.394 e. The number of carbonyl (C=O) groups excluding carboxylic acids is 2. The van der Waals surface area contributed by atoms with E-state index in [0.29, 0.717) is 0 Å². The summed E-state index contributed by atoms with van der Waals surface area (Å²) in [5.74, 6) is -0.980. The highest BCUT2D eigenvalue weighted by Crippen LogP contribution is 2.19. The molecule has 1 aliphatic rings. The van der Waals surface area contributed by atoms with Crippen molar-refractivity contribution in [2.75, 3.05) is 17.6 Å². The molecule has 0 aromatic heterocycles. The highest BCUT2D eigenvalue weighted by atomic mass is 127. The van der Waals surface area contributed by atoms with Crippen molar-refractivity contribution in [3.05, 3.63) is 0 Å². The van der Waals surface area contributed by atoms with Crippen LogP contribution in [-0.2, 0) is 14.3 Å². The maximum absolute atomic E-state index is 11.5. The lowest BCUT2D eigenvalue weighted by Gasteiger charge is -2.40. The molecule has 0 saturated carbocycles. The second-order valence-corrected chi connectivity index (χ2v) is 5.00. The molecule has 10 heteroatoms. The summed E-state index contributed by atoms with van der Waals surface area (Å²) in [4.78, 5) is 22.5. The van der Waals surface area contributed by atoms with Gasteiger partial charge in [0.2, 0.25) is 11.8 Å². The lowest BCUT2D eigenvalue weighted by atomic mass is 9.97. The molecule has 6 N–H and O–H groups in total. The maximum Gasteiger partial charge on any atom is 0.239 e. The first kappa shape index (κ1) is 17.5. The lowest BCUT2D eigenvalue weighted by molar-refractivity contribution is -0.253. The third-order valence-electron chi connectivity index (χ3n) is 2.80. The minimum absolute atomic E-state index is 0.194. The number of hydrogen-bond donors (Lipinski definition) is 6. The number of alkyl halides is 1. The number of amides is 2. The van der Waals surface area contributed by atoms with Crippen LogP contribution >= 0.6 is 22.6 Å². The average Bonchev–Trinajstić information content (AvgIpc) is 2.44. The summed E-state index contributed by atoms with van der Waals surface area (Å²) in [6.45, 7) is -0.904. The molecule has 20 heavy (non-hydrogen) atoms. The van der Waals surface area contributed by atoms with Crippen molar-refractivity contribution in [3.63, 3.8) is 0 Å². The van der Waals surface area contributed by atoms with Crippen LogP contribution in [0.4, 0.5) is 0 Å². The second-order valence-electron chi connectivity index (χ2n) is 4.23. The van der Waals surface area contributed by atoms with Crippen molar-refractivity contribution in [3.8, 4) is 0 Å². The van der Waals surface area contributed by atoms with E-state index >= 15 is 0 Å². The molecule has 5 atom stereocenters. The SMILES string of the molecule is O=C(CI)NCC(=O)NC1C(O)OC(CO)C(O)C1O. The molecule has 1 rings (SSSR count). The zero-order chi connectivity index (χ0) is 15.3. The van der Waals surface area contributed by atoms with Gasteiger partial charge >= 0.3 is 0 Å². The fourth-order valence-corrected chi connectivity index (χ4v) is 1.99. The summed E-state index contributed by atoms with van der Waals surface area (Å²) in [5, 5.41) is 42.5. The van der Waals surface area contributed by atoms with E-state index < -0.39 is 43.2 Å². The summed E-state index contributed by atoms with van der Waals surface area (Å²) < 4.78 is 5.06. The first-order valence-electron chi connectivity index (χ1n) is 5.83. The molecule has 116 valence electrons. The molecule has 1 aliphatic heterocycles. The first-order valence-corrected chi connectivity index (χ1v) is 7.35. The summed E-state index contributed by atoms with van der Waals surface area (Å²) in [5.41, 5.74) is 0. The molecule has 0 spiro atoms. The van der Waals surface area contributed by atoms with Crippen molar-refractivity contribution in [1.29, 1.82) is 0 Å². The molecule has 0 aromatic carbocycles. The van der Waals surface area contributed by atoms with Gasteiger partial charge in [-0.05, 0) is 0 Å². The number of ether oxygens (including phenoxy) is 1. The molecular weight excluding hydrogens is 387 g/mol. The van der Waals surface area contributed by atoms with Gasteiger partial charge < -0.3 is 35.8 Å². The highest BCUT2D eigenvalue weighted by molar-refractivity contribution is 14.1. The monoisotopic (exact) mass is 404 g/mol. The van der Waals surface area contributed by atoms with Crippen LogP contribution in [0.3, 0.4) is 0 Å². The second kappa shape index (κ2) is 8.05. The van der Waals surface area contributed by atoms with Crippen molar-refractivity contribution >= 4 is 34.4 Å². The molecule has 9 nitrogen and oxygen atoms in total. The number of aliphatic hydroxyl groups is 4. The van der Waals surface area contributed by atoms with Gasteiger partial charge in [0, 0.05) is 0 Å². The Morgan fingerprint density at radius 1 is 1.15 bits per heavy atom. The molecule has 0 aliphatic carbocycles. The number of halogens is 1. The van der Waals surface area contributed by atoms with Crippen LogP contribution in [0.15, 0.2) is 0 Å². The van der Waals surface area contributed by atoms with Gasteiger partial charge in [-0.2, -0.15) is 0 Å². The van der Waals surface area contributed by atoms with E-state index in [1.807, 2.05) is 22.6 Å². The van der Waals surface area contributed by atoms with Gasteiger partial charge in [-0.25, -0.2) is 0 Å². The van der Waals surface area contributed by atoms with Crippen LogP contribution in [0.2, 0.25) is 0 Å². The zero-order valence-electron chi connectivity index (χ0n) is 10.4. The molecule has 1 saturated heterocycles. The van der Waals surface area contributed by atoms with Crippen molar-refractivity contribution in [2.45, 2.75) is 30.6 Å². The van der Waals surface area contributed by atoms with Crippen LogP contribution in [0, 0.1) is 0 Å². The molecular formula is C10H17IN2O7. The topological polar surface area (TPSA) is 148 Å². The van der Waals surface area contributed by atoms with Gasteiger partial charge in [-0.1, -0.05) is 22.6 Å². The van der Waals surface area contributed by atoms with Crippen LogP contribution in [0.5, 0.6) is 0 Å². The standard InChI is InChI=1S/C10H17IN2O7/c11-1-5(15)12-2-6(16)13-7-9(18)8(17)4(3-14)20-10(7)19/h4,7-10,14,17-19H,1-3H2,(H,12,15)(H,13,16). The Bertz CT molecular complexity index is 356. The Labute approximate surface area is 128 Å². The van der Waals surface area contributed by atoms with Crippen LogP contribution in [-0.4, -0.2) is 80.5 Å². The molecule has 0 radical (unpaired) electrons. The van der Waals surface area contributed by atoms with E-state index in [1.165, 1.54) is 0 Å². The Kier molecular flexibility index (Phi) is 7.05. The molecule has 1 heterocycles. The maximum atomic E-state index is 11.5. The van der Waals surface area contributed by atoms with E-state index in [2.05, 4.69) is 10.6 Å². The number of rotatable bonds is 5. The van der Waals surface area contributed by atoms with Gasteiger partial charge in [0.05, 0.1) is 17.6 Å². The normalized spacial score (nSPS) is 33.5. The smallest absolute Gasteiger partial charge is 0.239 e. The first-order chi connectivity index (χ1) is 9.40. The summed E-state index contributed by atoms with van der Waals surface area (Å²) >= 11 is 1.83. The number of aliphatic hydroxyl groups excluding tert-OH is 4. The molecule has 2 amide bonds. The van der Waals surface area contributed by atoms with E-state index in [-0.39, 0.29) is 16.9 Å². The number of hydrogen-bond acceptors (Lipinski definition) is 7. The Morgan fingerprint density at radius 2 is 1.80 bits per heavy atom. The van der Waals surface area contributed by atoms with E-state index in [0.717, 1.165) is 0 Å². The summed E-state index contributed by atoms with van der Waals surface area (Å²) in [6.07, 6.45) is -5.65. The predicted molar refractivity (Wildman–Crippen MR) is 73.8 cm³/mol. The quantitative estimate of drug-likeness (QED) is 0.205. The molecule has 0 bridgehead atoms. The van der Waals surface area contributed by atoms with Crippen molar-refractivity contribution in [1.82, 2.24) is 10.6 Å². The predicted octanol–water partition coefficient (Wildman–Crippen LogP) is -3.55. The van der Waals surface area contributed by atoms with Gasteiger partial charge in [0.1, 0.15) is 24.4 Å². The molecule has 0 aromatic rings. The van der Waals surface area contributed by atoms with Crippen LogP contribution in [0.25, 0.3) is 0 Å². The van der Waals surface area contributed by atoms with Gasteiger partial charge in [0.15, 0.2) is 6.29 Å². The highest BCUT2D eigenvalue weighted by Gasteiger charge is 2.44. The minimum atomic E-state index is -1.57. The number of nitrogens with one attached hydrogen (secondary N) is 2. The molecule has 5 unspecified atom stereocenters. The fraction of sp³-hybridized carbons (Fsp3) is 0.800. The van der Waals surface area contributed by atoms with E-state index in [9.17, 15) is 24.9 Å². The lowest BCUT2D eigenvalue weighted by Crippen LogP contribution is -2.64. The summed E-state index contributed by atoms with van der Waals surface area (Å²) in [7, 11) is 0. The van der Waals surface area contributed by atoms with Crippen LogP contribution < -0.4 is 10.6 Å². The average molecular weight is 404 g/mol. The van der Waals surface area contributed by atoms with Gasteiger partial charge in [-0.3, -0.25) is 9.59 Å². The van der Waals surface area contributed by atoms with Gasteiger partial charge in [0.25, 0.3) is 0 Å². The van der Waals surface area contributed by atoms with E-state index in [4.69, 9.17) is 9.84 Å². The Balaban J connectivity index is 2.53. The summed E-state index contributed by atoms with van der Waals surface area (Å²) in [6, 6.07) is -1.25. The third kappa shape index (κ3) is 4.49. The zero-order valence-corrected chi connectivity index (χ0v) is 12.6. The van der Waals surface area contributed by atoms with Gasteiger partial charge in [-0.15, -0.1) is 0 Å². The minimum Gasteiger partial charge on any atom is -0.394 e. The Hall–Kier alpha value is -0.530. The fourth-order valence-electron chi connectivity index (χ4n) is 1.72. The number of carbonyl (C=O) groups is 2. The van der Waals surface area contributed by atoms with Crippen LogP contribution in [0.1, 0.15) is 0 Å². The Morgan fingerprint density at radius 3 is 2.35 bits per heavy atom. The van der Waals surface area contributed by atoms with Crippen molar-refractivity contribution in [2.24, 2.45) is 0 Å².